The van der Waals surface area contributed by atoms with Crippen molar-refractivity contribution in [3.8, 4) is 0 Å². The van der Waals surface area contributed by atoms with Gasteiger partial charge in [0.15, 0.2) is 0 Å². The SMILES string of the molecule is Cc1cccc(CN2Cc3c(nc(C)n3CC3CC3)C3(CCN(C)CC3)C2)n1.O=C(O)C(F)(F)F.O=C(O)C(F)(F)F.O=C(O)C(F)(F)F. The largest absolute Gasteiger partial charge is 0.490 e. The second kappa shape index (κ2) is 16.2. The highest BCUT2D eigenvalue weighted by Gasteiger charge is 2.45. The first-order valence-electron chi connectivity index (χ1n) is 14.7. The molecule has 1 spiro atoms. The standard InChI is InChI=1S/C23H33N5.3C2HF3O2/c1-17-5-4-6-20(24-17)14-27-15-21-22(23(16-27)9-11-26(3)12-10-23)25-18(2)28(21)13-19-7-8-19;3*3-2(4,5)1(6)7/h4-6,19H,7-16H2,1-3H3;3*(H,6,7). The van der Waals surface area contributed by atoms with E-state index in [-0.39, 0.29) is 5.41 Å². The number of hydrogen-bond donors (Lipinski definition) is 3. The minimum atomic E-state index is -5.08. The second-order valence-electron chi connectivity index (χ2n) is 11.9. The van der Waals surface area contributed by atoms with Gasteiger partial charge in [-0.2, -0.15) is 39.5 Å². The van der Waals surface area contributed by atoms with E-state index >= 15 is 0 Å². The summed E-state index contributed by atoms with van der Waals surface area (Å²) in [6.07, 6.45) is -10.0. The number of piperidine rings is 1. The first-order valence-corrected chi connectivity index (χ1v) is 14.7. The third-order valence-electron chi connectivity index (χ3n) is 7.81. The number of aryl methyl sites for hydroxylation is 2. The number of aliphatic carboxylic acids is 3. The van der Waals surface area contributed by atoms with Crippen molar-refractivity contribution in [3.05, 3.63) is 46.8 Å². The van der Waals surface area contributed by atoms with Crippen molar-refractivity contribution < 1.29 is 69.2 Å². The van der Waals surface area contributed by atoms with Crippen LogP contribution < -0.4 is 0 Å². The lowest BCUT2D eigenvalue weighted by Crippen LogP contribution is -2.51. The fourth-order valence-electron chi connectivity index (χ4n) is 5.24. The number of pyridine rings is 1. The van der Waals surface area contributed by atoms with Gasteiger partial charge in [-0.05, 0) is 77.7 Å². The Kier molecular flexibility index (Phi) is 13.6. The summed E-state index contributed by atoms with van der Waals surface area (Å²) >= 11 is 0. The minimum Gasteiger partial charge on any atom is -0.475 e. The average Bonchev–Trinajstić information content (AvgIpc) is 3.73. The summed E-state index contributed by atoms with van der Waals surface area (Å²) in [6.45, 7) is 10.9. The summed E-state index contributed by atoms with van der Waals surface area (Å²) < 4.78 is 97.8. The van der Waals surface area contributed by atoms with Crippen LogP contribution >= 0.6 is 0 Å². The molecular weight excluding hydrogens is 685 g/mol. The number of aromatic nitrogens is 3. The Labute approximate surface area is 274 Å². The quantitative estimate of drug-likeness (QED) is 0.361. The average molecular weight is 722 g/mol. The van der Waals surface area contributed by atoms with Crippen LogP contribution in [0.2, 0.25) is 0 Å². The molecule has 0 aromatic carbocycles. The number of alkyl halides is 9. The van der Waals surface area contributed by atoms with Crippen LogP contribution in [0.4, 0.5) is 39.5 Å². The van der Waals surface area contributed by atoms with Crippen molar-refractivity contribution in [1.82, 2.24) is 24.3 Å². The topological polar surface area (TPSA) is 149 Å². The Bertz CT molecular complexity index is 1390. The van der Waals surface area contributed by atoms with Gasteiger partial charge in [0.2, 0.25) is 0 Å². The molecule has 1 aliphatic carbocycles. The van der Waals surface area contributed by atoms with Crippen molar-refractivity contribution in [1.29, 1.82) is 0 Å². The van der Waals surface area contributed by atoms with Crippen molar-refractivity contribution in [2.75, 3.05) is 26.7 Å². The lowest BCUT2D eigenvalue weighted by atomic mass is 9.72. The molecule has 2 fully saturated rings. The van der Waals surface area contributed by atoms with E-state index in [1.807, 2.05) is 0 Å². The van der Waals surface area contributed by atoms with E-state index in [0.717, 1.165) is 31.2 Å². The number of carbonyl (C=O) groups is 3. The fraction of sp³-hybridized carbons (Fsp3) is 0.621. The number of nitrogens with zero attached hydrogens (tertiary/aromatic N) is 5. The highest BCUT2D eigenvalue weighted by Crippen LogP contribution is 2.43. The number of likely N-dealkylation sites (tertiary alicyclic amines) is 1. The zero-order chi connectivity index (χ0) is 37.5. The third kappa shape index (κ3) is 12.8. The Hall–Kier alpha value is -3.94. The second-order valence-corrected chi connectivity index (χ2v) is 11.9. The van der Waals surface area contributed by atoms with Crippen molar-refractivity contribution >= 4 is 17.9 Å². The van der Waals surface area contributed by atoms with E-state index in [9.17, 15) is 39.5 Å². The molecule has 2 aromatic heterocycles. The number of hydrogen-bond acceptors (Lipinski definition) is 7. The van der Waals surface area contributed by atoms with Crippen LogP contribution in [-0.2, 0) is 39.4 Å². The molecule has 49 heavy (non-hydrogen) atoms. The summed E-state index contributed by atoms with van der Waals surface area (Å²) in [7, 11) is 2.25. The number of rotatable bonds is 4. The molecule has 0 amide bonds. The number of halogens is 9. The van der Waals surface area contributed by atoms with Gasteiger partial charge in [0.05, 0.1) is 17.1 Å². The van der Waals surface area contributed by atoms with Gasteiger partial charge in [-0.15, -0.1) is 0 Å². The first kappa shape index (κ1) is 41.2. The van der Waals surface area contributed by atoms with Crippen LogP contribution in [0.25, 0.3) is 0 Å². The van der Waals surface area contributed by atoms with Crippen molar-refractivity contribution in [2.24, 2.45) is 5.92 Å². The molecule has 2 aliphatic heterocycles. The molecule has 5 rings (SSSR count). The van der Waals surface area contributed by atoms with E-state index in [4.69, 9.17) is 39.7 Å². The fourth-order valence-corrected chi connectivity index (χ4v) is 5.24. The summed E-state index contributed by atoms with van der Waals surface area (Å²) in [5, 5.41) is 21.4. The van der Waals surface area contributed by atoms with Gasteiger partial charge in [0, 0.05) is 37.3 Å². The maximum atomic E-state index is 10.6. The van der Waals surface area contributed by atoms with Crippen molar-refractivity contribution in [3.63, 3.8) is 0 Å². The highest BCUT2D eigenvalue weighted by molar-refractivity contribution is 5.73. The molecule has 0 unspecified atom stereocenters. The molecule has 1 saturated heterocycles. The van der Waals surface area contributed by atoms with Crippen molar-refractivity contribution in [2.45, 2.75) is 83.1 Å². The normalized spacial score (nSPS) is 17.7. The van der Waals surface area contributed by atoms with Gasteiger partial charge in [-0.1, -0.05) is 6.07 Å². The van der Waals surface area contributed by atoms with Gasteiger partial charge in [0.1, 0.15) is 5.82 Å². The maximum Gasteiger partial charge on any atom is 0.490 e. The van der Waals surface area contributed by atoms with E-state index in [0.29, 0.717) is 0 Å². The van der Waals surface area contributed by atoms with Gasteiger partial charge >= 0.3 is 36.4 Å². The molecule has 20 heteroatoms. The molecule has 3 aliphatic rings. The van der Waals surface area contributed by atoms with E-state index < -0.39 is 36.4 Å². The predicted molar refractivity (Wildman–Crippen MR) is 152 cm³/mol. The maximum absolute atomic E-state index is 10.6. The summed E-state index contributed by atoms with van der Waals surface area (Å²) in [5.41, 5.74) is 5.43. The summed E-state index contributed by atoms with van der Waals surface area (Å²) in [6, 6.07) is 6.40. The monoisotopic (exact) mass is 721 g/mol. The van der Waals surface area contributed by atoms with Crippen LogP contribution in [0.15, 0.2) is 18.2 Å². The number of imidazole rings is 1. The van der Waals surface area contributed by atoms with Crippen LogP contribution in [0.5, 0.6) is 0 Å². The van der Waals surface area contributed by atoms with Gasteiger partial charge in [0.25, 0.3) is 0 Å². The Morgan fingerprint density at radius 3 is 1.71 bits per heavy atom. The van der Waals surface area contributed by atoms with Crippen LogP contribution in [0.1, 0.15) is 54.3 Å². The number of carboxylic acid groups (broad SMARTS) is 3. The van der Waals surface area contributed by atoms with Gasteiger partial charge in [-0.3, -0.25) is 9.88 Å². The molecule has 2 aromatic rings. The Balaban J connectivity index is 0.000000325. The predicted octanol–water partition coefficient (Wildman–Crippen LogP) is 5.18. The lowest BCUT2D eigenvalue weighted by Gasteiger charge is -2.46. The number of carboxylic acids is 3. The third-order valence-corrected chi connectivity index (χ3v) is 7.81. The smallest absolute Gasteiger partial charge is 0.475 e. The minimum absolute atomic E-state index is 0.212. The van der Waals surface area contributed by atoms with E-state index in [2.05, 4.69) is 53.5 Å². The zero-order valence-corrected chi connectivity index (χ0v) is 26.6. The lowest BCUT2D eigenvalue weighted by molar-refractivity contribution is -0.193. The molecule has 276 valence electrons. The molecule has 0 bridgehead atoms. The Morgan fingerprint density at radius 1 is 0.837 bits per heavy atom. The number of fused-ring (bicyclic) bond motifs is 2. The molecular formula is C29H36F9N5O6. The first-order chi connectivity index (χ1) is 22.4. The molecule has 0 radical (unpaired) electrons. The van der Waals surface area contributed by atoms with Crippen LogP contribution in [-0.4, -0.2) is 103 Å². The van der Waals surface area contributed by atoms with Gasteiger partial charge < -0.3 is 24.8 Å². The molecule has 3 N–H and O–H groups in total. The summed E-state index contributed by atoms with van der Waals surface area (Å²) in [4.78, 5) is 41.8. The molecule has 4 heterocycles. The van der Waals surface area contributed by atoms with Crippen LogP contribution in [0.3, 0.4) is 0 Å². The van der Waals surface area contributed by atoms with E-state index in [1.165, 1.54) is 68.2 Å². The molecule has 11 nitrogen and oxygen atoms in total. The summed E-state index contributed by atoms with van der Waals surface area (Å²) in [5.74, 6) is -6.17. The molecule has 0 atom stereocenters. The zero-order valence-electron chi connectivity index (χ0n) is 26.6. The highest BCUT2D eigenvalue weighted by atomic mass is 19.4. The molecule has 1 saturated carbocycles. The van der Waals surface area contributed by atoms with Crippen LogP contribution in [0, 0.1) is 19.8 Å². The Morgan fingerprint density at radius 2 is 1.31 bits per heavy atom. The van der Waals surface area contributed by atoms with E-state index in [1.54, 1.807) is 0 Å². The van der Waals surface area contributed by atoms with Gasteiger partial charge in [-0.25, -0.2) is 19.4 Å².